The number of aromatic nitrogens is 3. The normalized spacial score (nSPS) is 12.5. The predicted octanol–water partition coefficient (Wildman–Crippen LogP) is 1.86. The van der Waals surface area contributed by atoms with Gasteiger partial charge in [-0.2, -0.15) is 4.52 Å². The Morgan fingerprint density at radius 2 is 2.14 bits per heavy atom. The highest BCUT2D eigenvalue weighted by Crippen LogP contribution is 2.19. The van der Waals surface area contributed by atoms with Crippen molar-refractivity contribution in [1.29, 1.82) is 0 Å². The van der Waals surface area contributed by atoms with Crippen LogP contribution in [-0.4, -0.2) is 26.2 Å². The van der Waals surface area contributed by atoms with Gasteiger partial charge in [0.05, 0.1) is 6.10 Å². The lowest BCUT2D eigenvalue weighted by Gasteiger charge is -2.10. The van der Waals surface area contributed by atoms with Crippen LogP contribution in [0.4, 0.5) is 5.13 Å². The number of hydrogen-bond acceptors (Lipinski definition) is 6. The average molecular weight is 316 g/mol. The molecular weight excluding hydrogens is 300 g/mol. The minimum Gasteiger partial charge on any atom is -0.387 e. The highest BCUT2D eigenvalue weighted by Gasteiger charge is 2.11. The molecule has 1 aromatic carbocycles. The molecule has 2 aromatic heterocycles. The Kier molecular flexibility index (Phi) is 4.17. The van der Waals surface area contributed by atoms with Crippen LogP contribution in [0.1, 0.15) is 24.3 Å². The van der Waals surface area contributed by atoms with E-state index in [0.29, 0.717) is 23.1 Å². The van der Waals surface area contributed by atoms with Crippen molar-refractivity contribution in [3.05, 3.63) is 58.0 Å². The van der Waals surface area contributed by atoms with Crippen LogP contribution in [0.3, 0.4) is 0 Å². The molecule has 0 aliphatic heterocycles. The van der Waals surface area contributed by atoms with Gasteiger partial charge in [0, 0.05) is 18.3 Å². The SMILES string of the molecule is CCc1cc(=O)n2nc(NC[C@H](O)c3ccccc3)sc2n1. The number of aliphatic hydroxyl groups excluding tert-OH is 1. The molecule has 0 unspecified atom stereocenters. The summed E-state index contributed by atoms with van der Waals surface area (Å²) in [7, 11) is 0. The van der Waals surface area contributed by atoms with Crippen LogP contribution in [0, 0.1) is 0 Å². The lowest BCUT2D eigenvalue weighted by molar-refractivity contribution is 0.191. The quantitative estimate of drug-likeness (QED) is 0.751. The maximum atomic E-state index is 11.9. The summed E-state index contributed by atoms with van der Waals surface area (Å²) in [5.74, 6) is 0. The first kappa shape index (κ1) is 14.7. The molecule has 114 valence electrons. The van der Waals surface area contributed by atoms with E-state index < -0.39 is 6.10 Å². The fourth-order valence-corrected chi connectivity index (χ4v) is 2.92. The number of benzene rings is 1. The fourth-order valence-electron chi connectivity index (χ4n) is 2.09. The van der Waals surface area contributed by atoms with Gasteiger partial charge in [0.2, 0.25) is 10.1 Å². The number of aryl methyl sites for hydroxylation is 1. The van der Waals surface area contributed by atoms with Crippen LogP contribution in [0.15, 0.2) is 41.2 Å². The summed E-state index contributed by atoms with van der Waals surface area (Å²) in [4.78, 5) is 16.9. The highest BCUT2D eigenvalue weighted by atomic mass is 32.1. The zero-order chi connectivity index (χ0) is 15.5. The molecule has 0 saturated carbocycles. The summed E-state index contributed by atoms with van der Waals surface area (Å²) in [5, 5.41) is 17.9. The molecule has 0 amide bonds. The van der Waals surface area contributed by atoms with E-state index in [1.54, 1.807) is 0 Å². The van der Waals surface area contributed by atoms with E-state index in [0.717, 1.165) is 11.3 Å². The molecule has 0 radical (unpaired) electrons. The Balaban J connectivity index is 1.77. The Bertz CT molecular complexity index is 828. The van der Waals surface area contributed by atoms with Crippen LogP contribution >= 0.6 is 11.3 Å². The average Bonchev–Trinajstić information content (AvgIpc) is 2.97. The first-order valence-electron chi connectivity index (χ1n) is 7.04. The van der Waals surface area contributed by atoms with Gasteiger partial charge in [0.1, 0.15) is 0 Å². The van der Waals surface area contributed by atoms with Crippen molar-refractivity contribution in [2.75, 3.05) is 11.9 Å². The van der Waals surface area contributed by atoms with E-state index >= 15 is 0 Å². The number of anilines is 1. The first-order valence-corrected chi connectivity index (χ1v) is 7.85. The first-order chi connectivity index (χ1) is 10.7. The number of aliphatic hydroxyl groups is 1. The zero-order valence-corrected chi connectivity index (χ0v) is 12.9. The standard InChI is InChI=1S/C15H16N4O2S/c1-2-11-8-13(21)19-15(17-11)22-14(18-19)16-9-12(20)10-6-4-3-5-7-10/h3-8,12,20H,2,9H2,1H3,(H,16,18)/t12-/m0/s1. The molecule has 0 aliphatic rings. The summed E-state index contributed by atoms with van der Waals surface area (Å²) in [5.41, 5.74) is 1.40. The van der Waals surface area contributed by atoms with Gasteiger partial charge in [-0.1, -0.05) is 48.6 Å². The predicted molar refractivity (Wildman–Crippen MR) is 86.4 cm³/mol. The monoisotopic (exact) mass is 316 g/mol. The third-order valence-electron chi connectivity index (χ3n) is 3.29. The largest absolute Gasteiger partial charge is 0.387 e. The van der Waals surface area contributed by atoms with Crippen molar-refractivity contribution in [3.8, 4) is 0 Å². The highest BCUT2D eigenvalue weighted by molar-refractivity contribution is 7.20. The molecule has 1 atom stereocenters. The van der Waals surface area contributed by atoms with Gasteiger partial charge in [-0.25, -0.2) is 4.98 Å². The van der Waals surface area contributed by atoms with E-state index in [-0.39, 0.29) is 5.56 Å². The molecule has 7 heteroatoms. The lowest BCUT2D eigenvalue weighted by atomic mass is 10.1. The number of rotatable bonds is 5. The third-order valence-corrected chi connectivity index (χ3v) is 4.16. The summed E-state index contributed by atoms with van der Waals surface area (Å²) >= 11 is 1.30. The molecule has 3 aromatic rings. The molecular formula is C15H16N4O2S. The molecule has 3 rings (SSSR count). The smallest absolute Gasteiger partial charge is 0.275 e. The fraction of sp³-hybridized carbons (Fsp3) is 0.267. The van der Waals surface area contributed by atoms with E-state index in [1.807, 2.05) is 37.3 Å². The summed E-state index contributed by atoms with van der Waals surface area (Å²) in [6.07, 6.45) is 0.0724. The minimum absolute atomic E-state index is 0.185. The van der Waals surface area contributed by atoms with Crippen molar-refractivity contribution in [2.45, 2.75) is 19.4 Å². The van der Waals surface area contributed by atoms with E-state index in [2.05, 4.69) is 15.4 Å². The number of nitrogens with one attached hydrogen (secondary N) is 1. The van der Waals surface area contributed by atoms with Crippen LogP contribution < -0.4 is 10.9 Å². The van der Waals surface area contributed by atoms with Gasteiger partial charge in [0.25, 0.3) is 5.56 Å². The number of hydrogen-bond donors (Lipinski definition) is 2. The molecule has 0 bridgehead atoms. The zero-order valence-electron chi connectivity index (χ0n) is 12.1. The summed E-state index contributed by atoms with van der Waals surface area (Å²) < 4.78 is 1.28. The van der Waals surface area contributed by atoms with Crippen molar-refractivity contribution in [3.63, 3.8) is 0 Å². The second-order valence-electron chi connectivity index (χ2n) is 4.85. The van der Waals surface area contributed by atoms with Gasteiger partial charge in [-0.3, -0.25) is 4.79 Å². The molecule has 0 fully saturated rings. The minimum atomic E-state index is -0.635. The maximum absolute atomic E-state index is 11.9. The summed E-state index contributed by atoms with van der Waals surface area (Å²) in [6, 6.07) is 10.9. The molecule has 6 nitrogen and oxygen atoms in total. The van der Waals surface area contributed by atoms with Gasteiger partial charge in [-0.15, -0.1) is 5.10 Å². The Hall–Kier alpha value is -2.25. The second kappa shape index (κ2) is 6.25. The Morgan fingerprint density at radius 3 is 2.86 bits per heavy atom. The molecule has 2 N–H and O–H groups in total. The second-order valence-corrected chi connectivity index (χ2v) is 5.80. The molecule has 0 aliphatic carbocycles. The molecule has 0 saturated heterocycles. The third kappa shape index (κ3) is 3.00. The van der Waals surface area contributed by atoms with Crippen LogP contribution in [-0.2, 0) is 6.42 Å². The molecule has 22 heavy (non-hydrogen) atoms. The van der Waals surface area contributed by atoms with Crippen LogP contribution in [0.5, 0.6) is 0 Å². The Labute approximate surface area is 131 Å². The van der Waals surface area contributed by atoms with Crippen LogP contribution in [0.2, 0.25) is 0 Å². The number of nitrogens with zero attached hydrogens (tertiary/aromatic N) is 3. The van der Waals surface area contributed by atoms with E-state index in [1.165, 1.54) is 21.9 Å². The van der Waals surface area contributed by atoms with Crippen LogP contribution in [0.25, 0.3) is 4.96 Å². The van der Waals surface area contributed by atoms with Gasteiger partial charge >= 0.3 is 0 Å². The van der Waals surface area contributed by atoms with Crippen molar-refractivity contribution >= 4 is 21.4 Å². The van der Waals surface area contributed by atoms with Crippen molar-refractivity contribution in [1.82, 2.24) is 14.6 Å². The van der Waals surface area contributed by atoms with Crippen molar-refractivity contribution in [2.24, 2.45) is 0 Å². The lowest BCUT2D eigenvalue weighted by Crippen LogP contribution is -2.16. The van der Waals surface area contributed by atoms with Gasteiger partial charge in [0.15, 0.2) is 0 Å². The topological polar surface area (TPSA) is 79.5 Å². The summed E-state index contributed by atoms with van der Waals surface area (Å²) in [6.45, 7) is 2.27. The van der Waals surface area contributed by atoms with E-state index in [9.17, 15) is 9.90 Å². The molecule has 0 spiro atoms. The van der Waals surface area contributed by atoms with E-state index in [4.69, 9.17) is 0 Å². The van der Waals surface area contributed by atoms with Crippen molar-refractivity contribution < 1.29 is 5.11 Å². The van der Waals surface area contributed by atoms with Gasteiger partial charge < -0.3 is 10.4 Å². The maximum Gasteiger partial charge on any atom is 0.275 e. The molecule has 2 heterocycles. The Morgan fingerprint density at radius 1 is 1.36 bits per heavy atom. The number of fused-ring (bicyclic) bond motifs is 1. The van der Waals surface area contributed by atoms with Gasteiger partial charge in [-0.05, 0) is 12.0 Å².